The van der Waals surface area contributed by atoms with Crippen molar-refractivity contribution < 1.29 is 19.1 Å². The Morgan fingerprint density at radius 1 is 1.32 bits per heavy atom. The summed E-state index contributed by atoms with van der Waals surface area (Å²) in [6.45, 7) is 3.56. The standard InChI is InChI=1S/C18H21FN2O3S/c1-3-18(2,10-17(23)24)21-15(22)9-14-11-25-16(20-14)8-12-4-6-13(19)7-5-12/h4-7,11H,3,8-10H2,1-2H3,(H,21,22)(H,23,24)/t18-/m1/s1. The molecule has 0 spiro atoms. The topological polar surface area (TPSA) is 79.3 Å². The maximum atomic E-state index is 12.9. The molecule has 0 aliphatic carbocycles. The molecule has 0 fully saturated rings. The number of carbonyl (C=O) groups excluding carboxylic acids is 1. The second kappa shape index (κ2) is 8.20. The molecular formula is C18H21FN2O3S. The zero-order chi connectivity index (χ0) is 18.4. The van der Waals surface area contributed by atoms with Crippen molar-refractivity contribution in [1.82, 2.24) is 10.3 Å². The van der Waals surface area contributed by atoms with Crippen molar-refractivity contribution in [1.29, 1.82) is 0 Å². The van der Waals surface area contributed by atoms with Crippen molar-refractivity contribution >= 4 is 23.2 Å². The van der Waals surface area contributed by atoms with Crippen LogP contribution in [0, 0.1) is 5.82 Å². The van der Waals surface area contributed by atoms with E-state index in [0.29, 0.717) is 18.5 Å². The van der Waals surface area contributed by atoms with E-state index in [1.165, 1.54) is 23.5 Å². The third kappa shape index (κ3) is 5.94. The van der Waals surface area contributed by atoms with E-state index >= 15 is 0 Å². The van der Waals surface area contributed by atoms with Crippen LogP contribution in [0.15, 0.2) is 29.6 Å². The number of nitrogens with zero attached hydrogens (tertiary/aromatic N) is 1. The van der Waals surface area contributed by atoms with Crippen molar-refractivity contribution in [2.45, 2.75) is 45.1 Å². The summed E-state index contributed by atoms with van der Waals surface area (Å²) in [4.78, 5) is 27.6. The monoisotopic (exact) mass is 364 g/mol. The van der Waals surface area contributed by atoms with Crippen molar-refractivity contribution in [2.75, 3.05) is 0 Å². The van der Waals surface area contributed by atoms with E-state index in [1.54, 1.807) is 19.1 Å². The van der Waals surface area contributed by atoms with Gasteiger partial charge < -0.3 is 10.4 Å². The number of rotatable bonds is 8. The fraction of sp³-hybridized carbons (Fsp3) is 0.389. The largest absolute Gasteiger partial charge is 0.481 e. The molecule has 0 aliphatic heterocycles. The molecule has 2 aromatic rings. The molecule has 0 aliphatic rings. The number of amides is 1. The Morgan fingerprint density at radius 3 is 2.60 bits per heavy atom. The number of aliphatic carboxylic acids is 1. The van der Waals surface area contributed by atoms with Gasteiger partial charge in [0.2, 0.25) is 5.91 Å². The third-order valence-corrected chi connectivity index (χ3v) is 4.87. The number of hydrogen-bond acceptors (Lipinski definition) is 4. The van der Waals surface area contributed by atoms with Gasteiger partial charge in [-0.05, 0) is 31.0 Å². The van der Waals surface area contributed by atoms with Crippen LogP contribution in [0.5, 0.6) is 0 Å². The first-order valence-corrected chi connectivity index (χ1v) is 8.88. The fourth-order valence-electron chi connectivity index (χ4n) is 2.42. The van der Waals surface area contributed by atoms with Crippen LogP contribution in [0.1, 0.15) is 43.0 Å². The van der Waals surface area contributed by atoms with Gasteiger partial charge in [-0.25, -0.2) is 9.37 Å². The summed E-state index contributed by atoms with van der Waals surface area (Å²) >= 11 is 1.45. The molecular weight excluding hydrogens is 343 g/mol. The highest BCUT2D eigenvalue weighted by molar-refractivity contribution is 7.09. The number of carboxylic acids is 1. The van der Waals surface area contributed by atoms with Crippen LogP contribution in [-0.2, 0) is 22.4 Å². The average molecular weight is 364 g/mol. The Balaban J connectivity index is 1.94. The minimum atomic E-state index is -0.945. The number of aromatic nitrogens is 1. The predicted octanol–water partition coefficient (Wildman–Crippen LogP) is 3.18. The van der Waals surface area contributed by atoms with Crippen molar-refractivity contribution in [3.63, 3.8) is 0 Å². The van der Waals surface area contributed by atoms with Gasteiger partial charge in [-0.15, -0.1) is 11.3 Å². The molecule has 25 heavy (non-hydrogen) atoms. The van der Waals surface area contributed by atoms with Crippen LogP contribution in [0.25, 0.3) is 0 Å². The van der Waals surface area contributed by atoms with Gasteiger partial charge in [0, 0.05) is 17.3 Å². The second-order valence-corrected chi connectivity index (χ2v) is 7.19. The van der Waals surface area contributed by atoms with Gasteiger partial charge >= 0.3 is 5.97 Å². The predicted molar refractivity (Wildman–Crippen MR) is 94.1 cm³/mol. The lowest BCUT2D eigenvalue weighted by Gasteiger charge is -2.27. The molecule has 7 heteroatoms. The van der Waals surface area contributed by atoms with Crippen LogP contribution in [0.2, 0.25) is 0 Å². The van der Waals surface area contributed by atoms with E-state index in [4.69, 9.17) is 5.11 Å². The molecule has 2 rings (SSSR count). The molecule has 1 amide bonds. The highest BCUT2D eigenvalue weighted by Gasteiger charge is 2.27. The third-order valence-electron chi connectivity index (χ3n) is 3.97. The van der Waals surface area contributed by atoms with Crippen LogP contribution < -0.4 is 5.32 Å². The van der Waals surface area contributed by atoms with Gasteiger partial charge in [0.15, 0.2) is 0 Å². The van der Waals surface area contributed by atoms with Crippen LogP contribution >= 0.6 is 11.3 Å². The van der Waals surface area contributed by atoms with Gasteiger partial charge in [-0.1, -0.05) is 19.1 Å². The molecule has 0 saturated carbocycles. The highest BCUT2D eigenvalue weighted by atomic mass is 32.1. The first kappa shape index (κ1) is 19.1. The summed E-state index contributed by atoms with van der Waals surface area (Å²) < 4.78 is 12.9. The highest BCUT2D eigenvalue weighted by Crippen LogP contribution is 2.17. The summed E-state index contributed by atoms with van der Waals surface area (Å²) in [5.41, 5.74) is 0.829. The zero-order valence-electron chi connectivity index (χ0n) is 14.2. The van der Waals surface area contributed by atoms with E-state index < -0.39 is 11.5 Å². The number of nitrogens with one attached hydrogen (secondary N) is 1. The molecule has 134 valence electrons. The number of halogens is 1. The number of carboxylic acid groups (broad SMARTS) is 1. The Morgan fingerprint density at radius 2 is 2.00 bits per heavy atom. The molecule has 1 aromatic carbocycles. The molecule has 0 radical (unpaired) electrons. The maximum absolute atomic E-state index is 12.9. The summed E-state index contributed by atoms with van der Waals surface area (Å²) in [7, 11) is 0. The quantitative estimate of drug-likeness (QED) is 0.754. The van der Waals surface area contributed by atoms with E-state index in [2.05, 4.69) is 10.3 Å². The SMILES string of the molecule is CC[C@](C)(CC(=O)O)NC(=O)Cc1csc(Cc2ccc(F)cc2)n1. The Labute approximate surface area is 149 Å². The lowest BCUT2D eigenvalue weighted by atomic mass is 9.94. The van der Waals surface area contributed by atoms with Crippen LogP contribution in [0.4, 0.5) is 4.39 Å². The smallest absolute Gasteiger partial charge is 0.305 e. The average Bonchev–Trinajstić information content (AvgIpc) is 2.95. The lowest BCUT2D eigenvalue weighted by molar-refractivity contribution is -0.139. The van der Waals surface area contributed by atoms with Crippen LogP contribution in [-0.4, -0.2) is 27.5 Å². The Hall–Kier alpha value is -2.28. The van der Waals surface area contributed by atoms with Gasteiger partial charge in [-0.3, -0.25) is 9.59 Å². The van der Waals surface area contributed by atoms with Gasteiger partial charge in [0.1, 0.15) is 5.82 Å². The molecule has 1 atom stereocenters. The minimum Gasteiger partial charge on any atom is -0.481 e. The van der Waals surface area contributed by atoms with E-state index in [0.717, 1.165) is 10.6 Å². The molecule has 0 saturated heterocycles. The van der Waals surface area contributed by atoms with E-state index in [9.17, 15) is 14.0 Å². The van der Waals surface area contributed by atoms with Crippen molar-refractivity contribution in [3.8, 4) is 0 Å². The van der Waals surface area contributed by atoms with E-state index in [-0.39, 0.29) is 24.6 Å². The summed E-state index contributed by atoms with van der Waals surface area (Å²) in [6, 6.07) is 6.24. The Bertz CT molecular complexity index is 745. The van der Waals surface area contributed by atoms with E-state index in [1.807, 2.05) is 12.3 Å². The molecule has 1 heterocycles. The Kier molecular flexibility index (Phi) is 6.25. The van der Waals surface area contributed by atoms with Crippen LogP contribution in [0.3, 0.4) is 0 Å². The fourth-order valence-corrected chi connectivity index (χ4v) is 3.25. The van der Waals surface area contributed by atoms with Gasteiger partial charge in [-0.2, -0.15) is 0 Å². The number of hydrogen-bond donors (Lipinski definition) is 2. The van der Waals surface area contributed by atoms with Gasteiger partial charge in [0.25, 0.3) is 0 Å². The van der Waals surface area contributed by atoms with Crippen molar-refractivity contribution in [3.05, 3.63) is 51.7 Å². The molecule has 0 unspecified atom stereocenters. The second-order valence-electron chi connectivity index (χ2n) is 6.25. The maximum Gasteiger partial charge on any atom is 0.305 e. The number of benzene rings is 1. The molecule has 0 bridgehead atoms. The van der Waals surface area contributed by atoms with Crippen molar-refractivity contribution in [2.24, 2.45) is 0 Å². The lowest BCUT2D eigenvalue weighted by Crippen LogP contribution is -2.47. The zero-order valence-corrected chi connectivity index (χ0v) is 15.0. The summed E-state index contributed by atoms with van der Waals surface area (Å²) in [6.07, 6.45) is 1.09. The minimum absolute atomic E-state index is 0.106. The molecule has 1 aromatic heterocycles. The molecule has 5 nitrogen and oxygen atoms in total. The van der Waals surface area contributed by atoms with Gasteiger partial charge in [0.05, 0.1) is 23.5 Å². The summed E-state index contributed by atoms with van der Waals surface area (Å²) in [5, 5.41) is 14.4. The normalized spacial score (nSPS) is 13.2. The molecule has 2 N–H and O–H groups in total. The summed E-state index contributed by atoms with van der Waals surface area (Å²) in [5.74, 6) is -1.47. The number of thiazole rings is 1. The first-order valence-electron chi connectivity index (χ1n) is 8.00. The number of carbonyl (C=O) groups is 2. The first-order chi connectivity index (χ1) is 11.8.